The summed E-state index contributed by atoms with van der Waals surface area (Å²) >= 11 is 0. The van der Waals surface area contributed by atoms with Crippen LogP contribution in [0.25, 0.3) is 22.4 Å². The Hall–Kier alpha value is -2.93. The van der Waals surface area contributed by atoms with Crippen molar-refractivity contribution < 1.29 is 9.52 Å². The first-order chi connectivity index (χ1) is 15.2. The van der Waals surface area contributed by atoms with Crippen LogP contribution in [0, 0.1) is 0 Å². The SMILES string of the molecule is Cn1cc(CNCC(O)CN2CCc3ccccc3C2)c(-c2cc3ccccc3o2)n1. The largest absolute Gasteiger partial charge is 0.454 e. The van der Waals surface area contributed by atoms with E-state index in [0.717, 1.165) is 47.5 Å². The number of benzene rings is 2. The van der Waals surface area contributed by atoms with E-state index in [-0.39, 0.29) is 0 Å². The zero-order valence-electron chi connectivity index (χ0n) is 17.8. The van der Waals surface area contributed by atoms with Crippen molar-refractivity contribution in [3.8, 4) is 11.5 Å². The molecule has 0 fully saturated rings. The minimum Gasteiger partial charge on any atom is -0.454 e. The minimum atomic E-state index is -0.420. The summed E-state index contributed by atoms with van der Waals surface area (Å²) in [7, 11) is 1.92. The van der Waals surface area contributed by atoms with Crippen LogP contribution in [0.2, 0.25) is 0 Å². The van der Waals surface area contributed by atoms with E-state index in [4.69, 9.17) is 4.42 Å². The molecule has 160 valence electrons. The number of rotatable bonds is 7. The molecule has 0 radical (unpaired) electrons. The molecule has 6 heteroatoms. The van der Waals surface area contributed by atoms with Gasteiger partial charge < -0.3 is 14.8 Å². The van der Waals surface area contributed by atoms with Crippen LogP contribution in [0.3, 0.4) is 0 Å². The first kappa shape index (κ1) is 20.0. The first-order valence-electron chi connectivity index (χ1n) is 10.8. The average molecular weight is 417 g/mol. The van der Waals surface area contributed by atoms with Gasteiger partial charge in [0.1, 0.15) is 11.3 Å². The Labute approximate surface area is 182 Å². The number of fused-ring (bicyclic) bond motifs is 2. The standard InChI is InChI=1S/C25H28N4O2/c1-28-15-21(25(27-28)24-12-19-7-4-5-9-23(19)31-24)13-26-14-22(30)17-29-11-10-18-6-2-3-8-20(18)16-29/h2-9,12,15,22,26,30H,10-11,13-14,16-17H2,1H3. The lowest BCUT2D eigenvalue weighted by molar-refractivity contribution is 0.104. The van der Waals surface area contributed by atoms with Gasteiger partial charge >= 0.3 is 0 Å². The number of β-amino-alcohol motifs (C(OH)–C–C–N with tert-alkyl or cyclic N) is 1. The molecular weight excluding hydrogens is 388 g/mol. The Morgan fingerprint density at radius 2 is 1.94 bits per heavy atom. The fourth-order valence-electron chi connectivity index (χ4n) is 4.42. The molecule has 3 heterocycles. The van der Waals surface area contributed by atoms with Crippen molar-refractivity contribution in [2.24, 2.45) is 7.05 Å². The second kappa shape index (κ2) is 8.67. The third-order valence-corrected chi connectivity index (χ3v) is 5.94. The highest BCUT2D eigenvalue weighted by Crippen LogP contribution is 2.29. The smallest absolute Gasteiger partial charge is 0.156 e. The molecule has 0 saturated carbocycles. The molecule has 0 aliphatic carbocycles. The number of aliphatic hydroxyl groups excluding tert-OH is 1. The lowest BCUT2D eigenvalue weighted by Crippen LogP contribution is -2.40. The molecule has 2 aromatic carbocycles. The Kier molecular flexibility index (Phi) is 5.59. The molecule has 0 saturated heterocycles. The van der Waals surface area contributed by atoms with Crippen LogP contribution in [0.4, 0.5) is 0 Å². The minimum absolute atomic E-state index is 0.420. The van der Waals surface area contributed by atoms with Crippen molar-refractivity contribution in [3.63, 3.8) is 0 Å². The van der Waals surface area contributed by atoms with Crippen molar-refractivity contribution in [2.45, 2.75) is 25.6 Å². The summed E-state index contributed by atoms with van der Waals surface area (Å²) in [6, 6.07) is 18.6. The van der Waals surface area contributed by atoms with Gasteiger partial charge in [-0.05, 0) is 29.7 Å². The second-order valence-corrected chi connectivity index (χ2v) is 8.36. The maximum Gasteiger partial charge on any atom is 0.156 e. The van der Waals surface area contributed by atoms with Gasteiger partial charge in [0, 0.05) is 56.9 Å². The van der Waals surface area contributed by atoms with Crippen LogP contribution in [0.15, 0.2) is 65.2 Å². The Morgan fingerprint density at radius 3 is 2.81 bits per heavy atom. The lowest BCUT2D eigenvalue weighted by Gasteiger charge is -2.30. The first-order valence-corrected chi connectivity index (χ1v) is 10.8. The molecule has 2 aromatic heterocycles. The van der Waals surface area contributed by atoms with Gasteiger partial charge in [-0.3, -0.25) is 9.58 Å². The monoisotopic (exact) mass is 416 g/mol. The van der Waals surface area contributed by atoms with Gasteiger partial charge in [0.2, 0.25) is 0 Å². The Bertz CT molecular complexity index is 1150. The van der Waals surface area contributed by atoms with Crippen molar-refractivity contribution in [1.82, 2.24) is 20.0 Å². The number of aryl methyl sites for hydroxylation is 1. The maximum absolute atomic E-state index is 10.6. The van der Waals surface area contributed by atoms with E-state index in [2.05, 4.69) is 39.6 Å². The van der Waals surface area contributed by atoms with Crippen LogP contribution in [-0.4, -0.2) is 45.5 Å². The number of hydrogen-bond donors (Lipinski definition) is 2. The van der Waals surface area contributed by atoms with E-state index in [1.54, 1.807) is 4.68 Å². The number of para-hydroxylation sites is 1. The van der Waals surface area contributed by atoms with Gasteiger partial charge in [0.15, 0.2) is 5.76 Å². The Balaban J connectivity index is 1.18. The Morgan fingerprint density at radius 1 is 1.13 bits per heavy atom. The van der Waals surface area contributed by atoms with E-state index >= 15 is 0 Å². The van der Waals surface area contributed by atoms with E-state index in [0.29, 0.717) is 19.6 Å². The zero-order chi connectivity index (χ0) is 21.2. The number of nitrogens with zero attached hydrogens (tertiary/aromatic N) is 3. The second-order valence-electron chi connectivity index (χ2n) is 8.36. The molecular formula is C25H28N4O2. The highest BCUT2D eigenvalue weighted by molar-refractivity contribution is 5.82. The van der Waals surface area contributed by atoms with Gasteiger partial charge in [-0.2, -0.15) is 5.10 Å². The van der Waals surface area contributed by atoms with Crippen LogP contribution in [0.5, 0.6) is 0 Å². The number of furan rings is 1. The van der Waals surface area contributed by atoms with E-state index in [9.17, 15) is 5.11 Å². The van der Waals surface area contributed by atoms with Gasteiger partial charge in [0.05, 0.1) is 6.10 Å². The molecule has 6 nitrogen and oxygen atoms in total. The number of aliphatic hydroxyl groups is 1. The third kappa shape index (κ3) is 4.42. The molecule has 1 atom stereocenters. The predicted molar refractivity (Wildman–Crippen MR) is 122 cm³/mol. The number of aromatic nitrogens is 2. The zero-order valence-corrected chi connectivity index (χ0v) is 17.8. The molecule has 2 N–H and O–H groups in total. The van der Waals surface area contributed by atoms with E-state index in [1.165, 1.54) is 11.1 Å². The average Bonchev–Trinajstić information content (AvgIpc) is 3.36. The van der Waals surface area contributed by atoms with Crippen molar-refractivity contribution in [2.75, 3.05) is 19.6 Å². The topological polar surface area (TPSA) is 66.5 Å². The summed E-state index contributed by atoms with van der Waals surface area (Å²) in [5.74, 6) is 0.770. The molecule has 4 aromatic rings. The maximum atomic E-state index is 10.6. The summed E-state index contributed by atoms with van der Waals surface area (Å²) in [5.41, 5.74) is 5.57. The summed E-state index contributed by atoms with van der Waals surface area (Å²) in [4.78, 5) is 2.33. The molecule has 31 heavy (non-hydrogen) atoms. The molecule has 5 rings (SSSR count). The molecule has 1 unspecified atom stereocenters. The van der Waals surface area contributed by atoms with Gasteiger partial charge in [-0.25, -0.2) is 0 Å². The molecule has 1 aliphatic heterocycles. The van der Waals surface area contributed by atoms with E-state index < -0.39 is 6.10 Å². The summed E-state index contributed by atoms with van der Waals surface area (Å²) in [6.45, 7) is 3.73. The summed E-state index contributed by atoms with van der Waals surface area (Å²) < 4.78 is 7.81. The van der Waals surface area contributed by atoms with Gasteiger partial charge in [0.25, 0.3) is 0 Å². The molecule has 1 aliphatic rings. The third-order valence-electron chi connectivity index (χ3n) is 5.94. The van der Waals surface area contributed by atoms with Crippen LogP contribution < -0.4 is 5.32 Å². The quantitative estimate of drug-likeness (QED) is 0.484. The van der Waals surface area contributed by atoms with Crippen molar-refractivity contribution in [1.29, 1.82) is 0 Å². The van der Waals surface area contributed by atoms with Crippen molar-refractivity contribution >= 4 is 11.0 Å². The summed E-state index contributed by atoms with van der Waals surface area (Å²) in [5, 5.41) is 19.6. The van der Waals surface area contributed by atoms with Gasteiger partial charge in [-0.15, -0.1) is 0 Å². The van der Waals surface area contributed by atoms with Gasteiger partial charge in [-0.1, -0.05) is 42.5 Å². The fourth-order valence-corrected chi connectivity index (χ4v) is 4.42. The fraction of sp³-hybridized carbons (Fsp3) is 0.320. The lowest BCUT2D eigenvalue weighted by atomic mass is 10.00. The predicted octanol–water partition coefficient (Wildman–Crippen LogP) is 3.34. The molecule has 0 bridgehead atoms. The summed E-state index contributed by atoms with van der Waals surface area (Å²) in [6.07, 6.45) is 2.63. The highest BCUT2D eigenvalue weighted by atomic mass is 16.3. The number of nitrogens with one attached hydrogen (secondary N) is 1. The molecule has 0 spiro atoms. The molecule has 0 amide bonds. The van der Waals surface area contributed by atoms with Crippen molar-refractivity contribution in [3.05, 3.63) is 77.5 Å². The van der Waals surface area contributed by atoms with E-state index in [1.807, 2.05) is 43.6 Å². The van der Waals surface area contributed by atoms with Crippen LogP contribution >= 0.6 is 0 Å². The van der Waals surface area contributed by atoms with Crippen LogP contribution in [-0.2, 0) is 26.6 Å². The highest BCUT2D eigenvalue weighted by Gasteiger charge is 2.19. The number of hydrogen-bond acceptors (Lipinski definition) is 5. The van der Waals surface area contributed by atoms with Crippen LogP contribution in [0.1, 0.15) is 16.7 Å². The normalized spacial score (nSPS) is 15.3.